The Kier molecular flexibility index (Phi) is 3.48. The van der Waals surface area contributed by atoms with Gasteiger partial charge in [-0.25, -0.2) is 4.98 Å². The highest BCUT2D eigenvalue weighted by atomic mass is 35.5. The Bertz CT molecular complexity index is 554. The molecule has 0 aromatic carbocycles. The average Bonchev–Trinajstić information content (AvgIpc) is 3.01. The molecule has 2 unspecified atom stereocenters. The van der Waals surface area contributed by atoms with Crippen molar-refractivity contribution < 1.29 is 0 Å². The highest BCUT2D eigenvalue weighted by molar-refractivity contribution is 7.99. The highest BCUT2D eigenvalue weighted by Crippen LogP contribution is 2.38. The predicted octanol–water partition coefficient (Wildman–Crippen LogP) is 3.63. The molecule has 0 amide bonds. The van der Waals surface area contributed by atoms with Crippen LogP contribution in [0.15, 0.2) is 18.5 Å². The zero-order chi connectivity index (χ0) is 12.5. The van der Waals surface area contributed by atoms with Crippen LogP contribution in [0.5, 0.6) is 0 Å². The lowest BCUT2D eigenvalue weighted by molar-refractivity contribution is 0.519. The van der Waals surface area contributed by atoms with Crippen LogP contribution in [-0.2, 0) is 5.88 Å². The summed E-state index contributed by atoms with van der Waals surface area (Å²) in [4.78, 5) is 8.72. The molecule has 2 aromatic rings. The summed E-state index contributed by atoms with van der Waals surface area (Å²) >= 11 is 8.02. The van der Waals surface area contributed by atoms with E-state index in [1.54, 1.807) is 0 Å². The van der Waals surface area contributed by atoms with Gasteiger partial charge in [-0.05, 0) is 31.6 Å². The van der Waals surface area contributed by atoms with Crippen molar-refractivity contribution in [3.63, 3.8) is 0 Å². The molecule has 5 heteroatoms. The molecule has 0 aliphatic heterocycles. The average molecular weight is 282 g/mol. The molecule has 0 radical (unpaired) electrons. The van der Waals surface area contributed by atoms with Crippen LogP contribution >= 0.6 is 23.4 Å². The van der Waals surface area contributed by atoms with E-state index in [9.17, 15) is 0 Å². The minimum absolute atomic E-state index is 0.467. The molecule has 1 aliphatic carbocycles. The van der Waals surface area contributed by atoms with E-state index in [2.05, 4.69) is 20.8 Å². The lowest BCUT2D eigenvalue weighted by Gasteiger charge is -2.16. The van der Waals surface area contributed by atoms with Crippen molar-refractivity contribution in [1.82, 2.24) is 14.5 Å². The van der Waals surface area contributed by atoms with Crippen molar-refractivity contribution in [1.29, 1.82) is 0 Å². The van der Waals surface area contributed by atoms with Gasteiger partial charge in [0.1, 0.15) is 11.3 Å². The first-order chi connectivity index (χ1) is 8.83. The number of halogens is 1. The minimum atomic E-state index is 0.467. The lowest BCUT2D eigenvalue weighted by atomic mass is 10.2. The van der Waals surface area contributed by atoms with Crippen LogP contribution in [-0.4, -0.2) is 26.0 Å². The van der Waals surface area contributed by atoms with Crippen molar-refractivity contribution in [2.45, 2.75) is 36.4 Å². The molecule has 2 heterocycles. The molecule has 1 aliphatic rings. The summed E-state index contributed by atoms with van der Waals surface area (Å²) in [5, 5.41) is 0.775. The van der Waals surface area contributed by atoms with Gasteiger partial charge in [-0.1, -0.05) is 0 Å². The fourth-order valence-electron chi connectivity index (χ4n) is 2.87. The van der Waals surface area contributed by atoms with Gasteiger partial charge in [-0.15, -0.1) is 11.6 Å². The third-order valence-corrected chi connectivity index (χ3v) is 5.07. The van der Waals surface area contributed by atoms with Crippen LogP contribution < -0.4 is 0 Å². The fraction of sp³-hybridized carbons (Fsp3) is 0.538. The van der Waals surface area contributed by atoms with Crippen LogP contribution in [0.4, 0.5) is 0 Å². The smallest absolute Gasteiger partial charge is 0.125 e. The molecule has 0 spiro atoms. The maximum absolute atomic E-state index is 6.04. The topological polar surface area (TPSA) is 30.7 Å². The summed E-state index contributed by atoms with van der Waals surface area (Å²) in [5.74, 6) is 1.45. The quantitative estimate of drug-likeness (QED) is 0.805. The van der Waals surface area contributed by atoms with Crippen molar-refractivity contribution >= 4 is 34.4 Å². The van der Waals surface area contributed by atoms with E-state index in [0.29, 0.717) is 11.9 Å². The van der Waals surface area contributed by atoms with Crippen LogP contribution in [0.25, 0.3) is 11.0 Å². The summed E-state index contributed by atoms with van der Waals surface area (Å²) < 4.78 is 2.33. The maximum atomic E-state index is 6.04. The Morgan fingerprint density at radius 3 is 3.11 bits per heavy atom. The monoisotopic (exact) mass is 281 g/mol. The summed E-state index contributed by atoms with van der Waals surface area (Å²) in [6.45, 7) is 0. The van der Waals surface area contributed by atoms with Crippen molar-refractivity contribution in [3.05, 3.63) is 24.3 Å². The summed E-state index contributed by atoms with van der Waals surface area (Å²) in [7, 11) is 0. The van der Waals surface area contributed by atoms with Gasteiger partial charge in [0.2, 0.25) is 0 Å². The molecular weight excluding hydrogens is 266 g/mol. The van der Waals surface area contributed by atoms with Crippen LogP contribution in [0.1, 0.15) is 31.1 Å². The first-order valence-corrected chi connectivity index (χ1v) is 8.05. The van der Waals surface area contributed by atoms with Crippen molar-refractivity contribution in [2.24, 2.45) is 0 Å². The second-order valence-electron chi connectivity index (χ2n) is 4.72. The number of imidazole rings is 1. The maximum Gasteiger partial charge on any atom is 0.125 e. The number of pyridine rings is 1. The number of hydrogen-bond donors (Lipinski definition) is 0. The third kappa shape index (κ3) is 2.01. The summed E-state index contributed by atoms with van der Waals surface area (Å²) in [5.41, 5.74) is 2.13. The summed E-state index contributed by atoms with van der Waals surface area (Å²) in [6.07, 6.45) is 9.59. The van der Waals surface area contributed by atoms with Crippen molar-refractivity contribution in [3.8, 4) is 0 Å². The standard InChI is InChI=1S/C13H16ClN3S/c1-18-10-3-2-9(6-10)17-12-4-5-15-8-11(12)16-13(17)7-14/h4-5,8-10H,2-3,6-7H2,1H3. The Hall–Kier alpha value is -0.740. The molecule has 1 saturated carbocycles. The molecule has 0 bridgehead atoms. The Morgan fingerprint density at radius 1 is 1.50 bits per heavy atom. The summed E-state index contributed by atoms with van der Waals surface area (Å²) in [6, 6.07) is 2.59. The van der Waals surface area contributed by atoms with Crippen LogP contribution in [0, 0.1) is 0 Å². The molecule has 0 N–H and O–H groups in total. The van der Waals surface area contributed by atoms with E-state index in [1.807, 2.05) is 30.2 Å². The third-order valence-electron chi connectivity index (χ3n) is 3.74. The predicted molar refractivity (Wildman–Crippen MR) is 77.3 cm³/mol. The van der Waals surface area contributed by atoms with E-state index >= 15 is 0 Å². The van der Waals surface area contributed by atoms with Crippen molar-refractivity contribution in [2.75, 3.05) is 6.26 Å². The molecule has 1 fully saturated rings. The van der Waals surface area contributed by atoms with Crippen LogP contribution in [0.3, 0.4) is 0 Å². The fourth-order valence-corrected chi connectivity index (χ4v) is 3.84. The van der Waals surface area contributed by atoms with Gasteiger partial charge < -0.3 is 4.57 Å². The van der Waals surface area contributed by atoms with Gasteiger partial charge in [-0.2, -0.15) is 11.8 Å². The normalized spacial score (nSPS) is 23.9. The van der Waals surface area contributed by atoms with E-state index in [0.717, 1.165) is 16.6 Å². The number of fused-ring (bicyclic) bond motifs is 1. The number of alkyl halides is 1. The number of hydrogen-bond acceptors (Lipinski definition) is 3. The van der Waals surface area contributed by atoms with Gasteiger partial charge in [0.05, 0.1) is 17.6 Å². The molecule has 0 saturated heterocycles. The second kappa shape index (κ2) is 5.10. The minimum Gasteiger partial charge on any atom is -0.324 e. The SMILES string of the molecule is CSC1CCC(n2c(CCl)nc3cnccc32)C1. The first kappa shape index (κ1) is 12.3. The second-order valence-corrected chi connectivity index (χ2v) is 6.13. The van der Waals surface area contributed by atoms with Gasteiger partial charge >= 0.3 is 0 Å². The van der Waals surface area contributed by atoms with Gasteiger partial charge in [0.15, 0.2) is 0 Å². The molecular formula is C13H16ClN3S. The molecule has 3 nitrogen and oxygen atoms in total. The van der Waals surface area contributed by atoms with E-state index < -0.39 is 0 Å². The van der Waals surface area contributed by atoms with E-state index in [1.165, 1.54) is 24.8 Å². The van der Waals surface area contributed by atoms with Gasteiger partial charge in [0.25, 0.3) is 0 Å². The zero-order valence-electron chi connectivity index (χ0n) is 10.3. The number of thioether (sulfide) groups is 1. The first-order valence-electron chi connectivity index (χ1n) is 6.23. The molecule has 18 heavy (non-hydrogen) atoms. The zero-order valence-corrected chi connectivity index (χ0v) is 11.9. The Balaban J connectivity index is 2.04. The largest absolute Gasteiger partial charge is 0.324 e. The number of rotatable bonds is 3. The molecule has 2 atom stereocenters. The highest BCUT2D eigenvalue weighted by Gasteiger charge is 2.28. The Morgan fingerprint density at radius 2 is 2.39 bits per heavy atom. The molecule has 96 valence electrons. The molecule has 2 aromatic heterocycles. The van der Waals surface area contributed by atoms with Crippen LogP contribution in [0.2, 0.25) is 0 Å². The lowest BCUT2D eigenvalue weighted by Crippen LogP contribution is -2.09. The van der Waals surface area contributed by atoms with E-state index in [-0.39, 0.29) is 0 Å². The Labute approximate surface area is 116 Å². The van der Waals surface area contributed by atoms with E-state index in [4.69, 9.17) is 11.6 Å². The van der Waals surface area contributed by atoms with Gasteiger partial charge in [0, 0.05) is 17.5 Å². The molecule has 3 rings (SSSR count). The number of aromatic nitrogens is 3. The van der Waals surface area contributed by atoms with Gasteiger partial charge in [-0.3, -0.25) is 4.98 Å². The number of nitrogens with zero attached hydrogens (tertiary/aromatic N) is 3.